The van der Waals surface area contributed by atoms with Gasteiger partial charge < -0.3 is 14.8 Å². The third-order valence-electron chi connectivity index (χ3n) is 4.43. The van der Waals surface area contributed by atoms with Gasteiger partial charge in [0.2, 0.25) is 5.91 Å². The Morgan fingerprint density at radius 3 is 2.69 bits per heavy atom. The second-order valence-electron chi connectivity index (χ2n) is 6.86. The molecule has 0 saturated carbocycles. The van der Waals surface area contributed by atoms with Crippen molar-refractivity contribution in [2.45, 2.75) is 39.8 Å². The maximum Gasteiger partial charge on any atom is 0.294 e. The summed E-state index contributed by atoms with van der Waals surface area (Å²) in [5, 5.41) is 7.98. The molecule has 1 N–H and O–H groups in total. The molecule has 0 bridgehead atoms. The van der Waals surface area contributed by atoms with Gasteiger partial charge in [0.1, 0.15) is 6.54 Å². The van der Waals surface area contributed by atoms with Crippen LogP contribution in [0, 0.1) is 6.92 Å². The maximum atomic E-state index is 12.7. The predicted octanol–water partition coefficient (Wildman–Crippen LogP) is 2.62. The Morgan fingerprint density at radius 2 is 2.03 bits per heavy atom. The van der Waals surface area contributed by atoms with Crippen molar-refractivity contribution in [1.29, 1.82) is 0 Å². The summed E-state index contributed by atoms with van der Waals surface area (Å²) in [6.07, 6.45) is 0. The number of rotatable bonds is 7. The Balaban J connectivity index is 1.79. The molecule has 154 valence electrons. The van der Waals surface area contributed by atoms with E-state index in [0.717, 1.165) is 15.3 Å². The van der Waals surface area contributed by atoms with Gasteiger partial charge in [0.25, 0.3) is 5.56 Å². The molecule has 3 aromatic rings. The molecular weight excluding hydrogens is 392 g/mol. The van der Waals surface area contributed by atoms with Crippen LogP contribution in [0.15, 0.2) is 23.0 Å². The standard InChI is InChI=1S/C20H24N4O4S/c1-11(2)19-22-16-18(29-19)12(3)23-24(20(16)26)10-15(25)21-9-13-7-6-8-14(27-4)17(13)28-5/h6-8,11H,9-10H2,1-5H3,(H,21,25). The minimum atomic E-state index is -0.358. The molecule has 0 atom stereocenters. The molecule has 0 aliphatic heterocycles. The zero-order valence-electron chi connectivity index (χ0n) is 17.1. The zero-order chi connectivity index (χ0) is 21.1. The molecule has 1 amide bonds. The van der Waals surface area contributed by atoms with Gasteiger partial charge >= 0.3 is 0 Å². The fourth-order valence-electron chi connectivity index (χ4n) is 2.95. The maximum absolute atomic E-state index is 12.7. The van der Waals surface area contributed by atoms with Crippen LogP contribution in [0.25, 0.3) is 10.2 Å². The van der Waals surface area contributed by atoms with E-state index in [-0.39, 0.29) is 30.5 Å². The Kier molecular flexibility index (Phi) is 6.17. The van der Waals surface area contributed by atoms with Crippen molar-refractivity contribution in [3.8, 4) is 11.5 Å². The van der Waals surface area contributed by atoms with Crippen LogP contribution in [0.3, 0.4) is 0 Å². The van der Waals surface area contributed by atoms with E-state index in [2.05, 4.69) is 15.4 Å². The molecule has 0 aliphatic carbocycles. The Bertz CT molecular complexity index is 1100. The van der Waals surface area contributed by atoms with Crippen molar-refractivity contribution < 1.29 is 14.3 Å². The van der Waals surface area contributed by atoms with Gasteiger partial charge in [-0.1, -0.05) is 26.0 Å². The summed E-state index contributed by atoms with van der Waals surface area (Å²) in [7, 11) is 3.10. The second kappa shape index (κ2) is 8.60. The second-order valence-corrected chi connectivity index (χ2v) is 7.89. The number of benzene rings is 1. The van der Waals surface area contributed by atoms with Gasteiger partial charge in [0, 0.05) is 18.0 Å². The molecule has 0 spiro atoms. The topological polar surface area (TPSA) is 95.3 Å². The summed E-state index contributed by atoms with van der Waals surface area (Å²) < 4.78 is 12.6. The highest BCUT2D eigenvalue weighted by molar-refractivity contribution is 7.18. The molecule has 0 aliphatic rings. The zero-order valence-corrected chi connectivity index (χ0v) is 17.9. The van der Waals surface area contributed by atoms with Crippen molar-refractivity contribution >= 4 is 27.5 Å². The fourth-order valence-corrected chi connectivity index (χ4v) is 3.95. The summed E-state index contributed by atoms with van der Waals surface area (Å²) in [5.41, 5.74) is 1.47. The number of methoxy groups -OCH3 is 2. The van der Waals surface area contributed by atoms with Crippen LogP contribution in [-0.2, 0) is 17.9 Å². The molecule has 1 aromatic carbocycles. The van der Waals surface area contributed by atoms with Crippen LogP contribution in [0.2, 0.25) is 0 Å². The van der Waals surface area contributed by atoms with Crippen LogP contribution >= 0.6 is 11.3 Å². The number of thiazole rings is 1. The lowest BCUT2D eigenvalue weighted by Crippen LogP contribution is -2.34. The van der Waals surface area contributed by atoms with Crippen LogP contribution in [0.5, 0.6) is 11.5 Å². The minimum absolute atomic E-state index is 0.184. The van der Waals surface area contributed by atoms with Crippen LogP contribution in [0.4, 0.5) is 0 Å². The Labute approximate surface area is 172 Å². The SMILES string of the molecule is COc1cccc(CNC(=O)Cn2nc(C)c3sc(C(C)C)nc3c2=O)c1OC. The quantitative estimate of drug-likeness (QED) is 0.636. The lowest BCUT2D eigenvalue weighted by molar-refractivity contribution is -0.122. The summed E-state index contributed by atoms with van der Waals surface area (Å²) in [5.74, 6) is 1.04. The molecule has 0 radical (unpaired) electrons. The van der Waals surface area contributed by atoms with Gasteiger partial charge in [-0.2, -0.15) is 5.10 Å². The number of amides is 1. The summed E-state index contributed by atoms with van der Waals surface area (Å²) in [6, 6.07) is 5.44. The molecule has 3 rings (SSSR count). The Hall–Kier alpha value is -2.94. The normalized spacial score (nSPS) is 11.1. The Morgan fingerprint density at radius 1 is 1.28 bits per heavy atom. The number of aryl methyl sites for hydroxylation is 1. The van der Waals surface area contributed by atoms with Crippen molar-refractivity contribution in [2.24, 2.45) is 0 Å². The minimum Gasteiger partial charge on any atom is -0.493 e. The first kappa shape index (κ1) is 20.8. The highest BCUT2D eigenvalue weighted by Gasteiger charge is 2.17. The van der Waals surface area contributed by atoms with E-state index < -0.39 is 0 Å². The first-order valence-electron chi connectivity index (χ1n) is 9.20. The van der Waals surface area contributed by atoms with Crippen molar-refractivity contribution in [3.63, 3.8) is 0 Å². The highest BCUT2D eigenvalue weighted by Crippen LogP contribution is 2.30. The van der Waals surface area contributed by atoms with E-state index in [1.54, 1.807) is 20.3 Å². The number of nitrogens with zero attached hydrogens (tertiary/aromatic N) is 3. The number of carbonyl (C=O) groups excluding carboxylic acids is 1. The smallest absolute Gasteiger partial charge is 0.294 e. The van der Waals surface area contributed by atoms with Crippen LogP contribution in [-0.4, -0.2) is 34.9 Å². The molecule has 2 heterocycles. The lowest BCUT2D eigenvalue weighted by Gasteiger charge is -2.13. The van der Waals surface area contributed by atoms with E-state index in [1.807, 2.05) is 32.9 Å². The van der Waals surface area contributed by atoms with Crippen molar-refractivity contribution in [1.82, 2.24) is 20.1 Å². The monoisotopic (exact) mass is 416 g/mol. The van der Waals surface area contributed by atoms with Crippen LogP contribution in [0.1, 0.15) is 36.0 Å². The van der Waals surface area contributed by atoms with E-state index in [1.165, 1.54) is 16.0 Å². The van der Waals surface area contributed by atoms with Gasteiger partial charge in [-0.3, -0.25) is 9.59 Å². The molecule has 0 fully saturated rings. The van der Waals surface area contributed by atoms with Crippen molar-refractivity contribution in [3.05, 3.63) is 44.8 Å². The molecule has 0 saturated heterocycles. The molecule has 0 unspecified atom stereocenters. The average molecular weight is 417 g/mol. The number of para-hydroxylation sites is 1. The number of aromatic nitrogens is 3. The number of hydrogen-bond acceptors (Lipinski definition) is 7. The van der Waals surface area contributed by atoms with E-state index in [9.17, 15) is 9.59 Å². The molecule has 29 heavy (non-hydrogen) atoms. The third kappa shape index (κ3) is 4.24. The van der Waals surface area contributed by atoms with E-state index >= 15 is 0 Å². The van der Waals surface area contributed by atoms with Gasteiger partial charge in [-0.15, -0.1) is 11.3 Å². The number of carbonyl (C=O) groups is 1. The van der Waals surface area contributed by atoms with E-state index in [0.29, 0.717) is 22.7 Å². The highest BCUT2D eigenvalue weighted by atomic mass is 32.1. The van der Waals surface area contributed by atoms with Gasteiger partial charge in [0.15, 0.2) is 17.0 Å². The van der Waals surface area contributed by atoms with Crippen LogP contribution < -0.4 is 20.3 Å². The summed E-state index contributed by atoms with van der Waals surface area (Å²) in [4.78, 5) is 29.6. The molecular formula is C20H24N4O4S. The molecule has 2 aromatic heterocycles. The average Bonchev–Trinajstić information content (AvgIpc) is 3.16. The van der Waals surface area contributed by atoms with Crippen molar-refractivity contribution in [2.75, 3.05) is 14.2 Å². The van der Waals surface area contributed by atoms with Gasteiger partial charge in [-0.25, -0.2) is 9.67 Å². The lowest BCUT2D eigenvalue weighted by atomic mass is 10.2. The first-order valence-corrected chi connectivity index (χ1v) is 10.0. The molecule has 8 nitrogen and oxygen atoms in total. The fraction of sp³-hybridized carbons (Fsp3) is 0.400. The van der Waals surface area contributed by atoms with Gasteiger partial charge in [-0.05, 0) is 13.0 Å². The third-order valence-corrected chi connectivity index (χ3v) is 5.89. The predicted molar refractivity (Wildman–Crippen MR) is 112 cm³/mol. The van der Waals surface area contributed by atoms with E-state index in [4.69, 9.17) is 9.47 Å². The number of ether oxygens (including phenoxy) is 2. The first-order chi connectivity index (χ1) is 13.8. The largest absolute Gasteiger partial charge is 0.493 e. The summed E-state index contributed by atoms with van der Waals surface area (Å²) >= 11 is 1.48. The van der Waals surface area contributed by atoms with Gasteiger partial charge in [0.05, 0.1) is 29.6 Å². The molecule has 9 heteroatoms. The number of hydrogen-bond donors (Lipinski definition) is 1. The summed E-state index contributed by atoms with van der Waals surface area (Å²) in [6.45, 7) is 5.93. The number of nitrogens with one attached hydrogen (secondary N) is 1. The number of fused-ring (bicyclic) bond motifs is 1.